The van der Waals surface area contributed by atoms with Crippen molar-refractivity contribution in [1.82, 2.24) is 4.90 Å². The minimum Gasteiger partial charge on any atom is -0.618 e. The van der Waals surface area contributed by atoms with Gasteiger partial charge in [0.05, 0.1) is 16.7 Å². The molecule has 0 radical (unpaired) electrons. The Morgan fingerprint density at radius 2 is 1.95 bits per heavy atom. The van der Waals surface area contributed by atoms with Crippen molar-refractivity contribution >= 4 is 23.1 Å². The van der Waals surface area contributed by atoms with Crippen LogP contribution in [-0.2, 0) is 12.2 Å². The molecule has 7 nitrogen and oxygen atoms in total. The average Bonchev–Trinajstić information content (AvgIpc) is 3.04. The van der Waals surface area contributed by atoms with E-state index in [0.29, 0.717) is 41.4 Å². The molecule has 1 fully saturated rings. The molecule has 0 spiro atoms. The Hall–Kier alpha value is -3.39. The molecule has 0 unspecified atom stereocenters. The summed E-state index contributed by atoms with van der Waals surface area (Å²) in [6.45, 7) is 6.45. The van der Waals surface area contributed by atoms with Crippen molar-refractivity contribution in [2.75, 3.05) is 19.6 Å². The van der Waals surface area contributed by atoms with Gasteiger partial charge in [-0.25, -0.2) is 4.79 Å². The number of likely N-dealkylation sites (tertiary alicyclic amines) is 1. The second kappa shape index (κ2) is 10.1. The molecule has 8 heteroatoms. The summed E-state index contributed by atoms with van der Waals surface area (Å²) in [5.41, 5.74) is 2.34. The van der Waals surface area contributed by atoms with Gasteiger partial charge in [-0.2, -0.15) is 4.73 Å². The number of hydrogen-bond donors (Lipinski definition) is 2. The normalized spacial score (nSPS) is 21.7. The largest absolute Gasteiger partial charge is 0.618 e. The van der Waals surface area contributed by atoms with Crippen LogP contribution in [0.4, 0.5) is 0 Å². The van der Waals surface area contributed by atoms with E-state index < -0.39 is 17.0 Å². The highest BCUT2D eigenvalue weighted by atomic mass is 35.5. The van der Waals surface area contributed by atoms with Gasteiger partial charge in [-0.15, -0.1) is 0 Å². The van der Waals surface area contributed by atoms with Crippen LogP contribution in [0.3, 0.4) is 0 Å². The van der Waals surface area contributed by atoms with E-state index in [9.17, 15) is 20.2 Å². The lowest BCUT2D eigenvalue weighted by atomic mass is 9.66. The molecule has 0 bridgehead atoms. The molecule has 3 heterocycles. The molecule has 2 aliphatic heterocycles. The number of benzene rings is 2. The number of rotatable bonds is 5. The molecule has 1 atom stereocenters. The molecule has 1 saturated heterocycles. The number of halogens is 1. The zero-order chi connectivity index (χ0) is 27.1. The van der Waals surface area contributed by atoms with E-state index in [1.54, 1.807) is 18.2 Å². The van der Waals surface area contributed by atoms with Crippen molar-refractivity contribution in [3.05, 3.63) is 105 Å². The number of aromatic nitrogens is 1. The summed E-state index contributed by atoms with van der Waals surface area (Å²) in [7, 11) is 0. The monoisotopic (exact) mass is 534 g/mol. The number of nitrogens with zero attached hydrogens (tertiary/aromatic N) is 2. The van der Waals surface area contributed by atoms with Crippen LogP contribution in [0.1, 0.15) is 59.4 Å². The number of hydrogen-bond acceptors (Lipinski definition) is 5. The molecule has 5 rings (SSSR count). The molecule has 198 valence electrons. The van der Waals surface area contributed by atoms with Crippen LogP contribution in [0.25, 0.3) is 5.57 Å². The predicted octanol–water partition coefficient (Wildman–Crippen LogP) is 5.01. The molecule has 2 aliphatic rings. The summed E-state index contributed by atoms with van der Waals surface area (Å²) >= 11 is 6.07. The Bertz CT molecular complexity index is 1400. The number of ether oxygens (including phenoxy) is 1. The maximum absolute atomic E-state index is 12.6. The van der Waals surface area contributed by atoms with Gasteiger partial charge in [-0.1, -0.05) is 43.7 Å². The van der Waals surface area contributed by atoms with E-state index in [-0.39, 0.29) is 12.2 Å². The summed E-state index contributed by atoms with van der Waals surface area (Å²) in [4.78, 5) is 14.0. The zero-order valence-corrected chi connectivity index (χ0v) is 22.2. The second-order valence-electron chi connectivity index (χ2n) is 10.7. The molecule has 38 heavy (non-hydrogen) atoms. The van der Waals surface area contributed by atoms with E-state index in [2.05, 4.69) is 24.8 Å². The van der Waals surface area contributed by atoms with Crippen LogP contribution in [0.5, 0.6) is 5.75 Å². The predicted molar refractivity (Wildman–Crippen MR) is 145 cm³/mol. The number of carboxylic acids is 1. The topological polar surface area (TPSA) is 96.9 Å². The number of pyridine rings is 1. The van der Waals surface area contributed by atoms with Crippen molar-refractivity contribution in [3.63, 3.8) is 0 Å². The number of carbonyl (C=O) groups is 1. The molecule has 3 aromatic rings. The highest BCUT2D eigenvalue weighted by Gasteiger charge is 2.48. The van der Waals surface area contributed by atoms with E-state index in [0.717, 1.165) is 34.5 Å². The quantitative estimate of drug-likeness (QED) is 0.353. The molecule has 0 amide bonds. The Kier molecular flexibility index (Phi) is 6.94. The van der Waals surface area contributed by atoms with Crippen LogP contribution in [0.2, 0.25) is 5.02 Å². The van der Waals surface area contributed by atoms with Gasteiger partial charge in [0, 0.05) is 41.7 Å². The van der Waals surface area contributed by atoms with Gasteiger partial charge in [0.1, 0.15) is 5.75 Å². The molecular weight excluding hydrogens is 504 g/mol. The van der Waals surface area contributed by atoms with Crippen LogP contribution < -0.4 is 9.47 Å². The Labute approximate surface area is 227 Å². The van der Waals surface area contributed by atoms with Crippen molar-refractivity contribution in [2.24, 2.45) is 5.41 Å². The Morgan fingerprint density at radius 3 is 2.66 bits per heavy atom. The van der Waals surface area contributed by atoms with Gasteiger partial charge in [0.25, 0.3) is 0 Å². The summed E-state index contributed by atoms with van der Waals surface area (Å²) in [6, 6.07) is 15.8. The number of carboxylic acid groups (broad SMARTS) is 1. The fourth-order valence-corrected chi connectivity index (χ4v) is 5.82. The third-order valence-corrected chi connectivity index (χ3v) is 8.13. The fourth-order valence-electron chi connectivity index (χ4n) is 5.69. The minimum absolute atomic E-state index is 0.0972. The lowest BCUT2D eigenvalue weighted by molar-refractivity contribution is -0.616. The van der Waals surface area contributed by atoms with Crippen molar-refractivity contribution in [2.45, 2.75) is 38.9 Å². The first-order valence-electron chi connectivity index (χ1n) is 12.7. The van der Waals surface area contributed by atoms with Gasteiger partial charge in [-0.3, -0.25) is 0 Å². The van der Waals surface area contributed by atoms with Crippen molar-refractivity contribution in [1.29, 1.82) is 0 Å². The van der Waals surface area contributed by atoms with Gasteiger partial charge in [-0.05, 0) is 60.4 Å². The van der Waals surface area contributed by atoms with Crippen LogP contribution in [-0.4, -0.2) is 40.7 Å². The minimum atomic E-state index is -1.02. The van der Waals surface area contributed by atoms with Crippen molar-refractivity contribution in [3.8, 4) is 5.75 Å². The van der Waals surface area contributed by atoms with Crippen LogP contribution >= 0.6 is 11.6 Å². The second-order valence-corrected chi connectivity index (χ2v) is 11.1. The Morgan fingerprint density at radius 1 is 1.18 bits per heavy atom. The third-order valence-electron chi connectivity index (χ3n) is 7.88. The van der Waals surface area contributed by atoms with E-state index in [4.69, 9.17) is 16.3 Å². The summed E-state index contributed by atoms with van der Waals surface area (Å²) in [6.07, 6.45) is 4.77. The maximum Gasteiger partial charge on any atom is 0.335 e. The fraction of sp³-hybridized carbons (Fsp3) is 0.333. The lowest BCUT2D eigenvalue weighted by Crippen LogP contribution is -2.55. The standard InChI is InChI=1S/C30H31ClN2O5/c1-29(2)19-32(16-13-30(29,36)21-8-10-22(31)11-9-21)14-3-5-23-24-6-4-15-33(37)26(24)18-38-27-12-7-20(28(34)35)17-25(23)27/h4-12,15,17,36H,3,13-14,16,18-19H2,1-2H3,(H,34,35)/b23-5+/t30-/m1/s1. The maximum atomic E-state index is 12.6. The summed E-state index contributed by atoms with van der Waals surface area (Å²) in [5.74, 6) is -0.475. The smallest absolute Gasteiger partial charge is 0.335 e. The Balaban J connectivity index is 1.40. The number of aromatic carboxylic acids is 1. The van der Waals surface area contributed by atoms with E-state index in [1.165, 1.54) is 12.3 Å². The van der Waals surface area contributed by atoms with Crippen LogP contribution in [0.15, 0.2) is 66.9 Å². The molecule has 2 aromatic carbocycles. The van der Waals surface area contributed by atoms with Gasteiger partial charge in [0.2, 0.25) is 5.69 Å². The first-order valence-corrected chi connectivity index (χ1v) is 13.1. The molecule has 0 saturated carbocycles. The van der Waals surface area contributed by atoms with Crippen molar-refractivity contribution < 1.29 is 24.5 Å². The number of piperidine rings is 1. The average molecular weight is 535 g/mol. The molecule has 0 aliphatic carbocycles. The third kappa shape index (κ3) is 4.77. The first-order chi connectivity index (χ1) is 18.1. The highest BCUT2D eigenvalue weighted by molar-refractivity contribution is 6.30. The first kappa shape index (κ1) is 26.2. The van der Waals surface area contributed by atoms with Gasteiger partial charge >= 0.3 is 5.97 Å². The van der Waals surface area contributed by atoms with E-state index >= 15 is 0 Å². The lowest BCUT2D eigenvalue weighted by Gasteiger charge is -2.50. The molecule has 2 N–H and O–H groups in total. The SMILES string of the molecule is CC1(C)CN(CC/C=C2/c3cc(C(=O)O)ccc3OCc3c2ccc[n+]3[O-])CC[C@@]1(O)c1ccc(Cl)cc1. The zero-order valence-electron chi connectivity index (χ0n) is 21.5. The summed E-state index contributed by atoms with van der Waals surface area (Å²) < 4.78 is 6.72. The summed E-state index contributed by atoms with van der Waals surface area (Å²) in [5, 5.41) is 34.4. The van der Waals surface area contributed by atoms with Gasteiger partial charge in [0.15, 0.2) is 12.8 Å². The number of fused-ring (bicyclic) bond motifs is 2. The number of aliphatic hydroxyl groups is 1. The van der Waals surface area contributed by atoms with Crippen LogP contribution in [0, 0.1) is 10.6 Å². The van der Waals surface area contributed by atoms with Gasteiger partial charge < -0.3 is 25.1 Å². The molecular formula is C30H31ClN2O5. The van der Waals surface area contributed by atoms with E-state index in [1.807, 2.05) is 30.3 Å². The molecule has 1 aromatic heterocycles. The highest BCUT2D eigenvalue weighted by Crippen LogP contribution is 2.46.